The minimum Gasteiger partial charge on any atom is -0.555 e. The molecule has 1 aromatic heterocycles. The van der Waals surface area contributed by atoms with E-state index in [1.807, 2.05) is 6.07 Å². The van der Waals surface area contributed by atoms with Gasteiger partial charge in [0.2, 0.25) is 0 Å². The second-order valence-corrected chi connectivity index (χ2v) is 7.32. The Morgan fingerprint density at radius 1 is 1.30 bits per heavy atom. The zero-order chi connectivity index (χ0) is 17.0. The second-order valence-electron chi connectivity index (χ2n) is 7.32. The molecule has 1 saturated carbocycles. The molecular weight excluding hydrogens is 286 g/mol. The van der Waals surface area contributed by atoms with E-state index >= 15 is 0 Å². The van der Waals surface area contributed by atoms with Crippen LogP contribution >= 0.6 is 0 Å². The largest absolute Gasteiger partial charge is 0.555 e. The average Bonchev–Trinajstić information content (AvgIpc) is 2.51. The minimum atomic E-state index is 0.251. The molecule has 0 saturated heterocycles. The van der Waals surface area contributed by atoms with Gasteiger partial charge in [0, 0.05) is 6.26 Å². The van der Waals surface area contributed by atoms with E-state index in [-0.39, 0.29) is 6.10 Å². The molecule has 1 aliphatic rings. The fourth-order valence-corrected chi connectivity index (χ4v) is 3.82. The Labute approximate surface area is 141 Å². The third-order valence-electron chi connectivity index (χ3n) is 5.36. The highest BCUT2D eigenvalue weighted by Crippen LogP contribution is 2.36. The van der Waals surface area contributed by atoms with Gasteiger partial charge in [-0.2, -0.15) is 0 Å². The topological polar surface area (TPSA) is 25.4 Å². The molecule has 0 unspecified atom stereocenters. The summed E-state index contributed by atoms with van der Waals surface area (Å²) in [6.07, 6.45) is 6.85. The molecule has 1 fully saturated rings. The van der Waals surface area contributed by atoms with Crippen LogP contribution in [0, 0.1) is 30.9 Å². The number of nitrogens with zero attached hydrogens (tertiary/aromatic N) is 1. The number of ether oxygens (including phenoxy) is 1. The lowest BCUT2D eigenvalue weighted by Crippen LogP contribution is -2.37. The van der Waals surface area contributed by atoms with Crippen LogP contribution in [0.4, 0.5) is 0 Å². The summed E-state index contributed by atoms with van der Waals surface area (Å²) in [5.74, 6) is 2.63. The van der Waals surface area contributed by atoms with Gasteiger partial charge in [0.15, 0.2) is 5.95 Å². The molecule has 1 heterocycles. The van der Waals surface area contributed by atoms with E-state index in [0.717, 1.165) is 31.0 Å². The van der Waals surface area contributed by atoms with Crippen molar-refractivity contribution in [2.24, 2.45) is 17.8 Å². The highest BCUT2D eigenvalue weighted by Gasteiger charge is 2.32. The Balaban J connectivity index is 2.32. The maximum atomic E-state index is 6.39. The summed E-state index contributed by atoms with van der Waals surface area (Å²) in [5.41, 5.74) is 1.09. The lowest BCUT2D eigenvalue weighted by Gasteiger charge is -2.38. The Morgan fingerprint density at radius 3 is 2.61 bits per heavy atom. The molecule has 0 amide bonds. The van der Waals surface area contributed by atoms with Crippen molar-refractivity contribution in [2.45, 2.75) is 66.9 Å². The van der Waals surface area contributed by atoms with Crippen molar-refractivity contribution in [1.82, 2.24) is 4.58 Å². The second kappa shape index (κ2) is 8.03. The quantitative estimate of drug-likeness (QED) is 0.604. The van der Waals surface area contributed by atoms with Crippen LogP contribution in [0.3, 0.4) is 0 Å². The summed E-state index contributed by atoms with van der Waals surface area (Å²) in [6.45, 7) is 15.3. The van der Waals surface area contributed by atoms with Gasteiger partial charge in [0.05, 0.1) is 6.10 Å². The maximum Gasteiger partial charge on any atom is 0.176 e. The molecule has 0 aromatic carbocycles. The average molecular weight is 319 g/mol. The van der Waals surface area contributed by atoms with Crippen molar-refractivity contribution < 1.29 is 9.15 Å². The Bertz CT molecular complexity index is 567. The molecule has 0 aliphatic heterocycles. The number of hydrogen-bond donors (Lipinski definition) is 0. The predicted molar refractivity (Wildman–Crippen MR) is 94.4 cm³/mol. The monoisotopic (exact) mass is 319 g/mol. The Kier molecular flexibility index (Phi) is 6.32. The highest BCUT2D eigenvalue weighted by molar-refractivity contribution is 5.20. The van der Waals surface area contributed by atoms with Crippen molar-refractivity contribution >= 4 is 0 Å². The van der Waals surface area contributed by atoms with Gasteiger partial charge >= 0.3 is 0 Å². The van der Waals surface area contributed by atoms with E-state index in [0.29, 0.717) is 17.8 Å². The van der Waals surface area contributed by atoms with Crippen LogP contribution in [-0.4, -0.2) is 19.2 Å². The lowest BCUT2D eigenvalue weighted by molar-refractivity contribution is 0.0262. The van der Waals surface area contributed by atoms with Crippen LogP contribution in [0.15, 0.2) is 10.5 Å². The van der Waals surface area contributed by atoms with Crippen molar-refractivity contribution in [3.05, 3.63) is 23.3 Å². The molecule has 0 N–H and O–H groups in total. The van der Waals surface area contributed by atoms with E-state index in [1.54, 1.807) is 0 Å². The normalized spacial score (nSPS) is 24.7. The molecule has 23 heavy (non-hydrogen) atoms. The molecule has 1 aliphatic carbocycles. The summed E-state index contributed by atoms with van der Waals surface area (Å²) in [7, 11) is 0. The van der Waals surface area contributed by atoms with Gasteiger partial charge in [-0.15, -0.1) is 0 Å². The molecule has 3 heteroatoms. The summed E-state index contributed by atoms with van der Waals surface area (Å²) in [5, 5.41) is 1.17. The molecule has 3 nitrogen and oxygen atoms in total. The van der Waals surface area contributed by atoms with Crippen molar-refractivity contribution in [3.8, 4) is 5.95 Å². The smallest absolute Gasteiger partial charge is 0.176 e. The first-order valence-electron chi connectivity index (χ1n) is 9.23. The van der Waals surface area contributed by atoms with Crippen molar-refractivity contribution in [2.75, 3.05) is 13.1 Å². The van der Waals surface area contributed by atoms with E-state index in [2.05, 4.69) is 52.4 Å². The molecule has 2 rings (SSSR count). The minimum absolute atomic E-state index is 0.251. The van der Waals surface area contributed by atoms with Gasteiger partial charge in [-0.1, -0.05) is 33.3 Å². The van der Waals surface area contributed by atoms with Gasteiger partial charge in [-0.05, 0) is 56.9 Å². The van der Waals surface area contributed by atoms with E-state index in [4.69, 9.17) is 9.15 Å². The first kappa shape index (κ1) is 18.1. The van der Waals surface area contributed by atoms with Gasteiger partial charge in [0.25, 0.3) is 0 Å². The Hall–Kier alpha value is -1.25. The fraction of sp³-hybridized carbons (Fsp3) is 0.750. The van der Waals surface area contributed by atoms with Crippen LogP contribution in [0.5, 0.6) is 5.95 Å². The zero-order valence-corrected chi connectivity index (χ0v) is 15.7. The molecule has 3 atom stereocenters. The van der Waals surface area contributed by atoms with Crippen LogP contribution in [0.1, 0.15) is 59.4 Å². The van der Waals surface area contributed by atoms with E-state index in [1.165, 1.54) is 18.2 Å². The van der Waals surface area contributed by atoms with Gasteiger partial charge in [0.1, 0.15) is 18.4 Å². The van der Waals surface area contributed by atoms with Crippen LogP contribution in [-0.2, 0) is 0 Å². The van der Waals surface area contributed by atoms with E-state index < -0.39 is 0 Å². The first-order valence-corrected chi connectivity index (χ1v) is 9.23. The zero-order valence-electron chi connectivity index (χ0n) is 15.7. The Morgan fingerprint density at radius 2 is 2.00 bits per heavy atom. The van der Waals surface area contributed by atoms with Gasteiger partial charge < -0.3 is 9.15 Å². The van der Waals surface area contributed by atoms with Gasteiger partial charge in [-0.25, -0.2) is 0 Å². The van der Waals surface area contributed by atoms with Gasteiger partial charge in [-0.3, -0.25) is 4.58 Å². The third-order valence-corrected chi connectivity index (χ3v) is 5.36. The predicted octanol–water partition coefficient (Wildman–Crippen LogP) is 4.04. The molecule has 0 radical (unpaired) electrons. The third kappa shape index (κ3) is 4.19. The lowest BCUT2D eigenvalue weighted by atomic mass is 9.75. The summed E-state index contributed by atoms with van der Waals surface area (Å²) in [4.78, 5) is 0. The molecule has 1 aromatic rings. The van der Waals surface area contributed by atoms with Crippen LogP contribution in [0.2, 0.25) is 0 Å². The SMILES string of the molecule is CC[N+](CC)=c1c[c-]oc(O[C@@H]2C[C@H](C)CC[C@H]2C(C)C)c1C. The maximum absolute atomic E-state index is 6.39. The summed E-state index contributed by atoms with van der Waals surface area (Å²) >= 11 is 0. The number of rotatable bonds is 5. The summed E-state index contributed by atoms with van der Waals surface area (Å²) < 4.78 is 14.3. The van der Waals surface area contributed by atoms with Crippen molar-refractivity contribution in [1.29, 1.82) is 0 Å². The van der Waals surface area contributed by atoms with Crippen molar-refractivity contribution in [3.63, 3.8) is 0 Å². The molecule has 0 spiro atoms. The van der Waals surface area contributed by atoms with Crippen LogP contribution < -0.4 is 14.7 Å². The molecule has 0 bridgehead atoms. The fourth-order valence-electron chi connectivity index (χ4n) is 3.82. The molecule has 130 valence electrons. The number of hydrogen-bond acceptors (Lipinski definition) is 2. The van der Waals surface area contributed by atoms with E-state index in [9.17, 15) is 0 Å². The molecular formula is C20H33NO2. The summed E-state index contributed by atoms with van der Waals surface area (Å²) in [6, 6.07) is 1.93. The van der Waals surface area contributed by atoms with Crippen LogP contribution in [0.25, 0.3) is 0 Å². The standard InChI is InChI=1S/C20H33NO2/c1-7-21(8-2)18-11-12-22-20(16(18)6)23-19-13-15(5)9-10-17(19)14(3)4/h11,14-15,17,19H,7-10,13H2,1-6H3/t15-,17+,19-/m1/s1. The highest BCUT2D eigenvalue weighted by atomic mass is 16.6. The first-order chi connectivity index (χ1) is 11.0.